The van der Waals surface area contributed by atoms with Gasteiger partial charge in [0.05, 0.1) is 11.1 Å². The third-order valence-corrected chi connectivity index (χ3v) is 3.98. The topological polar surface area (TPSA) is 34.1 Å². The second kappa shape index (κ2) is 8.51. The van der Waals surface area contributed by atoms with E-state index in [-0.39, 0.29) is 0 Å². The molecule has 0 atom stereocenters. The fourth-order valence-corrected chi connectivity index (χ4v) is 3.38. The molecule has 0 spiro atoms. The fraction of sp³-hybridized carbons (Fsp3) is 0.312. The van der Waals surface area contributed by atoms with Crippen LogP contribution in [-0.2, 0) is 13.1 Å². The second-order valence-corrected chi connectivity index (χ2v) is 6.45. The van der Waals surface area contributed by atoms with E-state index in [1.165, 1.54) is 5.56 Å². The van der Waals surface area contributed by atoms with Gasteiger partial charge in [0, 0.05) is 35.5 Å². The van der Waals surface area contributed by atoms with Crippen molar-refractivity contribution in [1.82, 2.24) is 10.3 Å². The lowest BCUT2D eigenvalue weighted by Crippen LogP contribution is -2.14. The van der Waals surface area contributed by atoms with Crippen molar-refractivity contribution in [1.29, 1.82) is 0 Å². The van der Waals surface area contributed by atoms with Crippen LogP contribution in [0.2, 0.25) is 0 Å². The molecule has 2 aromatic rings. The summed E-state index contributed by atoms with van der Waals surface area (Å²) in [5, 5.41) is 3.44. The average Bonchev–Trinajstić information content (AvgIpc) is 2.47. The summed E-state index contributed by atoms with van der Waals surface area (Å²) in [6, 6.07) is 8.13. The van der Waals surface area contributed by atoms with Gasteiger partial charge in [0.25, 0.3) is 0 Å². The predicted octanol–water partition coefficient (Wildman–Crippen LogP) is 4.69. The van der Waals surface area contributed by atoms with Gasteiger partial charge in [-0.05, 0) is 52.2 Å². The summed E-state index contributed by atoms with van der Waals surface area (Å²) >= 11 is 7.10. The SMILES string of the molecule is CCCOc1c(Br)cc(Br)cc1CNCc1ccncc1. The number of nitrogens with one attached hydrogen (secondary N) is 1. The standard InChI is InChI=1S/C16H18Br2N2O/c1-2-7-21-16-13(8-14(17)9-15(16)18)11-20-10-12-3-5-19-6-4-12/h3-6,8-9,20H,2,7,10-11H2,1H3. The van der Waals surface area contributed by atoms with E-state index in [2.05, 4.69) is 55.2 Å². The van der Waals surface area contributed by atoms with Crippen molar-refractivity contribution in [2.75, 3.05) is 6.61 Å². The third kappa shape index (κ3) is 5.09. The van der Waals surface area contributed by atoms with Crippen molar-refractivity contribution in [3.05, 3.63) is 56.7 Å². The first-order valence-corrected chi connectivity index (χ1v) is 8.49. The molecule has 1 aromatic carbocycles. The number of hydrogen-bond donors (Lipinski definition) is 1. The minimum absolute atomic E-state index is 0.720. The van der Waals surface area contributed by atoms with E-state index >= 15 is 0 Å². The maximum absolute atomic E-state index is 5.86. The molecular formula is C16H18Br2N2O. The van der Waals surface area contributed by atoms with Crippen LogP contribution >= 0.6 is 31.9 Å². The zero-order valence-electron chi connectivity index (χ0n) is 11.9. The Morgan fingerprint density at radius 3 is 2.62 bits per heavy atom. The Hall–Kier alpha value is -0.910. The van der Waals surface area contributed by atoms with Gasteiger partial charge in [0.2, 0.25) is 0 Å². The number of halogens is 2. The van der Waals surface area contributed by atoms with Crippen molar-refractivity contribution in [2.24, 2.45) is 0 Å². The maximum Gasteiger partial charge on any atom is 0.138 e. The summed E-state index contributed by atoms with van der Waals surface area (Å²) in [5.74, 6) is 0.919. The molecule has 0 aliphatic heterocycles. The monoisotopic (exact) mass is 412 g/mol. The molecule has 3 nitrogen and oxygen atoms in total. The highest BCUT2D eigenvalue weighted by Gasteiger charge is 2.10. The summed E-state index contributed by atoms with van der Waals surface area (Å²) in [7, 11) is 0. The van der Waals surface area contributed by atoms with E-state index in [9.17, 15) is 0 Å². The molecule has 0 bridgehead atoms. The first-order chi connectivity index (χ1) is 10.2. The zero-order chi connectivity index (χ0) is 15.1. The summed E-state index contributed by atoms with van der Waals surface area (Å²) in [6.45, 7) is 4.38. The molecule has 21 heavy (non-hydrogen) atoms. The molecule has 0 aliphatic carbocycles. The van der Waals surface area contributed by atoms with Gasteiger partial charge in [-0.25, -0.2) is 0 Å². The lowest BCUT2D eigenvalue weighted by molar-refractivity contribution is 0.311. The van der Waals surface area contributed by atoms with E-state index in [1.54, 1.807) is 0 Å². The molecule has 5 heteroatoms. The highest BCUT2D eigenvalue weighted by molar-refractivity contribution is 9.11. The number of hydrogen-bond acceptors (Lipinski definition) is 3. The van der Waals surface area contributed by atoms with E-state index in [0.717, 1.165) is 46.4 Å². The Balaban J connectivity index is 2.04. The van der Waals surface area contributed by atoms with E-state index < -0.39 is 0 Å². The largest absolute Gasteiger partial charge is 0.492 e. The third-order valence-electron chi connectivity index (χ3n) is 2.93. The first kappa shape index (κ1) is 16.5. The number of benzene rings is 1. The molecule has 0 saturated heterocycles. The molecule has 1 heterocycles. The highest BCUT2D eigenvalue weighted by Crippen LogP contribution is 2.33. The Labute approximate surface area is 142 Å². The van der Waals surface area contributed by atoms with Crippen molar-refractivity contribution in [3.63, 3.8) is 0 Å². The van der Waals surface area contributed by atoms with E-state index in [4.69, 9.17) is 4.74 Å². The van der Waals surface area contributed by atoms with Crippen molar-refractivity contribution >= 4 is 31.9 Å². The van der Waals surface area contributed by atoms with Crippen molar-refractivity contribution < 1.29 is 4.74 Å². The van der Waals surface area contributed by atoms with Gasteiger partial charge in [-0.1, -0.05) is 22.9 Å². The van der Waals surface area contributed by atoms with Crippen LogP contribution < -0.4 is 10.1 Å². The van der Waals surface area contributed by atoms with Gasteiger partial charge in [0.1, 0.15) is 5.75 Å². The van der Waals surface area contributed by atoms with Gasteiger partial charge in [0.15, 0.2) is 0 Å². The summed E-state index contributed by atoms with van der Waals surface area (Å²) < 4.78 is 7.88. The van der Waals surface area contributed by atoms with Gasteiger partial charge in [-0.2, -0.15) is 0 Å². The van der Waals surface area contributed by atoms with Crippen LogP contribution in [0.15, 0.2) is 45.6 Å². The molecule has 0 fully saturated rings. The quantitative estimate of drug-likeness (QED) is 0.715. The first-order valence-electron chi connectivity index (χ1n) is 6.91. The van der Waals surface area contributed by atoms with Crippen LogP contribution in [0.1, 0.15) is 24.5 Å². The average molecular weight is 414 g/mol. The van der Waals surface area contributed by atoms with Crippen LogP contribution in [0.3, 0.4) is 0 Å². The van der Waals surface area contributed by atoms with Crippen molar-refractivity contribution in [3.8, 4) is 5.75 Å². The molecular weight excluding hydrogens is 396 g/mol. The highest BCUT2D eigenvalue weighted by atomic mass is 79.9. The summed E-state index contributed by atoms with van der Waals surface area (Å²) in [6.07, 6.45) is 4.61. The fourth-order valence-electron chi connectivity index (χ4n) is 1.95. The molecule has 0 unspecified atom stereocenters. The zero-order valence-corrected chi connectivity index (χ0v) is 15.1. The molecule has 0 radical (unpaired) electrons. The maximum atomic E-state index is 5.86. The van der Waals surface area contributed by atoms with E-state index in [0.29, 0.717) is 0 Å². The van der Waals surface area contributed by atoms with Gasteiger partial charge < -0.3 is 10.1 Å². The smallest absolute Gasteiger partial charge is 0.138 e. The van der Waals surface area contributed by atoms with Crippen LogP contribution in [-0.4, -0.2) is 11.6 Å². The Morgan fingerprint density at radius 1 is 1.14 bits per heavy atom. The normalized spacial score (nSPS) is 10.6. The minimum atomic E-state index is 0.720. The van der Waals surface area contributed by atoms with Crippen LogP contribution in [0.4, 0.5) is 0 Å². The van der Waals surface area contributed by atoms with Crippen LogP contribution in [0.5, 0.6) is 5.75 Å². The lowest BCUT2D eigenvalue weighted by Gasteiger charge is -2.14. The summed E-state index contributed by atoms with van der Waals surface area (Å²) in [5.41, 5.74) is 2.36. The van der Waals surface area contributed by atoms with Crippen LogP contribution in [0.25, 0.3) is 0 Å². The number of pyridine rings is 1. The second-order valence-electron chi connectivity index (χ2n) is 4.68. The molecule has 0 amide bonds. The number of aromatic nitrogens is 1. The molecule has 0 aliphatic rings. The molecule has 112 valence electrons. The van der Waals surface area contributed by atoms with Gasteiger partial charge in [-0.15, -0.1) is 0 Å². The Bertz CT molecular complexity index is 576. The Morgan fingerprint density at radius 2 is 1.90 bits per heavy atom. The molecule has 1 aromatic heterocycles. The molecule has 0 saturated carbocycles. The molecule has 2 rings (SSSR count). The Kier molecular flexibility index (Phi) is 6.67. The predicted molar refractivity (Wildman–Crippen MR) is 92.4 cm³/mol. The summed E-state index contributed by atoms with van der Waals surface area (Å²) in [4.78, 5) is 4.02. The lowest BCUT2D eigenvalue weighted by atomic mass is 10.2. The van der Waals surface area contributed by atoms with E-state index in [1.807, 2.05) is 30.6 Å². The minimum Gasteiger partial charge on any atom is -0.492 e. The van der Waals surface area contributed by atoms with Gasteiger partial charge >= 0.3 is 0 Å². The molecule has 1 N–H and O–H groups in total. The number of ether oxygens (including phenoxy) is 1. The number of nitrogens with zero attached hydrogens (tertiary/aromatic N) is 1. The number of rotatable bonds is 7. The van der Waals surface area contributed by atoms with Gasteiger partial charge in [-0.3, -0.25) is 4.98 Å². The van der Waals surface area contributed by atoms with Crippen LogP contribution in [0, 0.1) is 0 Å². The van der Waals surface area contributed by atoms with Crippen molar-refractivity contribution in [2.45, 2.75) is 26.4 Å².